The summed E-state index contributed by atoms with van der Waals surface area (Å²) in [5.74, 6) is 1.52. The molecule has 1 saturated carbocycles. The lowest BCUT2D eigenvalue weighted by Gasteiger charge is -2.30. The van der Waals surface area contributed by atoms with Gasteiger partial charge < -0.3 is 5.73 Å². The molecule has 2 atom stereocenters. The summed E-state index contributed by atoms with van der Waals surface area (Å²) >= 11 is 0. The van der Waals surface area contributed by atoms with Crippen LogP contribution in [-0.2, 0) is 13.5 Å². The highest BCUT2D eigenvalue weighted by Crippen LogP contribution is 2.31. The second kappa shape index (κ2) is 4.79. The largest absolute Gasteiger partial charge is 0.330 e. The van der Waals surface area contributed by atoms with Crippen LogP contribution in [-0.4, -0.2) is 16.3 Å². The number of aromatic nitrogens is 2. The zero-order chi connectivity index (χ0) is 10.7. The molecule has 1 fully saturated rings. The van der Waals surface area contributed by atoms with Crippen molar-refractivity contribution in [2.24, 2.45) is 24.6 Å². The van der Waals surface area contributed by atoms with Crippen LogP contribution in [0.3, 0.4) is 0 Å². The fourth-order valence-corrected chi connectivity index (χ4v) is 2.74. The van der Waals surface area contributed by atoms with Crippen molar-refractivity contribution in [1.82, 2.24) is 9.78 Å². The third kappa shape index (κ3) is 2.59. The van der Waals surface area contributed by atoms with Gasteiger partial charge in [-0.2, -0.15) is 5.10 Å². The molecule has 1 aromatic rings. The molecule has 1 aliphatic rings. The number of aryl methyl sites for hydroxylation is 1. The van der Waals surface area contributed by atoms with Gasteiger partial charge in [0.05, 0.1) is 6.20 Å². The summed E-state index contributed by atoms with van der Waals surface area (Å²) in [5, 5.41) is 4.22. The third-order valence-corrected chi connectivity index (χ3v) is 3.63. The van der Waals surface area contributed by atoms with E-state index in [0.717, 1.165) is 24.8 Å². The van der Waals surface area contributed by atoms with Crippen molar-refractivity contribution in [3.63, 3.8) is 0 Å². The molecule has 1 aliphatic carbocycles. The molecule has 2 N–H and O–H groups in total. The van der Waals surface area contributed by atoms with Gasteiger partial charge in [-0.15, -0.1) is 0 Å². The van der Waals surface area contributed by atoms with Crippen LogP contribution in [0.5, 0.6) is 0 Å². The predicted octanol–water partition coefficient (Wildman–Crippen LogP) is 1.73. The molecular formula is C12H21N3. The highest BCUT2D eigenvalue weighted by Gasteiger charge is 2.24. The lowest BCUT2D eigenvalue weighted by molar-refractivity contribution is 0.242. The summed E-state index contributed by atoms with van der Waals surface area (Å²) in [4.78, 5) is 0. The Hall–Kier alpha value is -0.830. The fraction of sp³-hybridized carbons (Fsp3) is 0.750. The van der Waals surface area contributed by atoms with Gasteiger partial charge >= 0.3 is 0 Å². The summed E-state index contributed by atoms with van der Waals surface area (Å²) in [6.45, 7) is 0.852. The molecule has 0 spiro atoms. The topological polar surface area (TPSA) is 43.8 Å². The van der Waals surface area contributed by atoms with E-state index in [0.29, 0.717) is 0 Å². The van der Waals surface area contributed by atoms with Crippen LogP contribution < -0.4 is 5.73 Å². The molecule has 0 bridgehead atoms. The van der Waals surface area contributed by atoms with Gasteiger partial charge in [0.2, 0.25) is 0 Å². The second-order valence-electron chi connectivity index (χ2n) is 4.77. The summed E-state index contributed by atoms with van der Waals surface area (Å²) < 4.78 is 1.88. The Bertz CT molecular complexity index is 306. The first-order chi connectivity index (χ1) is 7.29. The van der Waals surface area contributed by atoms with E-state index in [2.05, 4.69) is 11.3 Å². The van der Waals surface area contributed by atoms with Crippen LogP contribution in [0.4, 0.5) is 0 Å². The van der Waals surface area contributed by atoms with E-state index in [1.807, 2.05) is 17.9 Å². The van der Waals surface area contributed by atoms with Crippen molar-refractivity contribution in [2.75, 3.05) is 6.54 Å². The zero-order valence-electron chi connectivity index (χ0n) is 9.52. The molecule has 3 nitrogen and oxygen atoms in total. The van der Waals surface area contributed by atoms with Crippen molar-refractivity contribution in [3.8, 4) is 0 Å². The van der Waals surface area contributed by atoms with Crippen molar-refractivity contribution in [1.29, 1.82) is 0 Å². The van der Waals surface area contributed by atoms with E-state index < -0.39 is 0 Å². The smallest absolute Gasteiger partial charge is 0.0521 e. The average molecular weight is 207 g/mol. The fourth-order valence-electron chi connectivity index (χ4n) is 2.74. The summed E-state index contributed by atoms with van der Waals surface area (Å²) in [6, 6.07) is 0. The molecule has 15 heavy (non-hydrogen) atoms. The molecule has 0 saturated heterocycles. The van der Waals surface area contributed by atoms with Crippen LogP contribution >= 0.6 is 0 Å². The molecule has 1 heterocycles. The molecule has 2 unspecified atom stereocenters. The maximum Gasteiger partial charge on any atom is 0.0521 e. The number of nitrogens with two attached hydrogens (primary N) is 1. The summed E-state index contributed by atoms with van der Waals surface area (Å²) in [6.07, 6.45) is 10.7. The molecule has 1 aromatic heterocycles. The molecule has 3 heteroatoms. The Morgan fingerprint density at radius 2 is 2.13 bits per heavy atom. The molecule has 84 valence electrons. The normalized spacial score (nSPS) is 26.8. The van der Waals surface area contributed by atoms with Crippen molar-refractivity contribution in [2.45, 2.75) is 32.1 Å². The van der Waals surface area contributed by atoms with Gasteiger partial charge in [-0.25, -0.2) is 0 Å². The Morgan fingerprint density at radius 1 is 1.40 bits per heavy atom. The lowest BCUT2D eigenvalue weighted by Crippen LogP contribution is -2.28. The van der Waals surface area contributed by atoms with Gasteiger partial charge in [-0.05, 0) is 43.2 Å². The first kappa shape index (κ1) is 10.7. The van der Waals surface area contributed by atoms with Crippen LogP contribution in [0.25, 0.3) is 0 Å². The number of hydrogen-bond donors (Lipinski definition) is 1. The molecule has 0 amide bonds. The van der Waals surface area contributed by atoms with Gasteiger partial charge in [-0.3, -0.25) is 4.68 Å². The first-order valence-electron chi connectivity index (χ1n) is 5.97. The van der Waals surface area contributed by atoms with E-state index in [4.69, 9.17) is 5.73 Å². The molecule has 0 aromatic carbocycles. The zero-order valence-corrected chi connectivity index (χ0v) is 9.52. The molecular weight excluding hydrogens is 186 g/mol. The monoisotopic (exact) mass is 207 g/mol. The maximum absolute atomic E-state index is 5.83. The van der Waals surface area contributed by atoms with Crippen molar-refractivity contribution >= 4 is 0 Å². The standard InChI is InChI=1S/C12H21N3/c1-15-9-10(8-14-15)6-11-4-2-3-5-12(11)7-13/h8-9,11-12H,2-7,13H2,1H3. The summed E-state index contributed by atoms with van der Waals surface area (Å²) in [7, 11) is 1.98. The van der Waals surface area contributed by atoms with Gasteiger partial charge in [-0.1, -0.05) is 12.8 Å². The quantitative estimate of drug-likeness (QED) is 0.820. The van der Waals surface area contributed by atoms with Crippen LogP contribution in [0.15, 0.2) is 12.4 Å². The Kier molecular flexibility index (Phi) is 3.41. The Balaban J connectivity index is 1.97. The third-order valence-electron chi connectivity index (χ3n) is 3.63. The Morgan fingerprint density at radius 3 is 2.73 bits per heavy atom. The minimum Gasteiger partial charge on any atom is -0.330 e. The van der Waals surface area contributed by atoms with Crippen LogP contribution in [0.1, 0.15) is 31.2 Å². The van der Waals surface area contributed by atoms with E-state index in [1.165, 1.54) is 31.2 Å². The van der Waals surface area contributed by atoms with E-state index in [1.54, 1.807) is 0 Å². The van der Waals surface area contributed by atoms with Crippen LogP contribution in [0.2, 0.25) is 0 Å². The number of nitrogens with zero attached hydrogens (tertiary/aromatic N) is 2. The molecule has 0 radical (unpaired) electrons. The lowest BCUT2D eigenvalue weighted by atomic mass is 9.76. The molecule has 2 rings (SSSR count). The van der Waals surface area contributed by atoms with Gasteiger partial charge in [0.25, 0.3) is 0 Å². The van der Waals surface area contributed by atoms with Gasteiger partial charge in [0.1, 0.15) is 0 Å². The van der Waals surface area contributed by atoms with E-state index in [-0.39, 0.29) is 0 Å². The number of hydrogen-bond acceptors (Lipinski definition) is 2. The summed E-state index contributed by atoms with van der Waals surface area (Å²) in [5.41, 5.74) is 7.20. The second-order valence-corrected chi connectivity index (χ2v) is 4.77. The predicted molar refractivity (Wildman–Crippen MR) is 61.4 cm³/mol. The number of rotatable bonds is 3. The van der Waals surface area contributed by atoms with Gasteiger partial charge in [0, 0.05) is 13.2 Å². The average Bonchev–Trinajstić information content (AvgIpc) is 2.65. The van der Waals surface area contributed by atoms with E-state index >= 15 is 0 Å². The maximum atomic E-state index is 5.83. The van der Waals surface area contributed by atoms with E-state index in [9.17, 15) is 0 Å². The minimum atomic E-state index is 0.735. The van der Waals surface area contributed by atoms with Crippen molar-refractivity contribution in [3.05, 3.63) is 18.0 Å². The highest BCUT2D eigenvalue weighted by molar-refractivity contribution is 5.05. The van der Waals surface area contributed by atoms with Gasteiger partial charge in [0.15, 0.2) is 0 Å². The highest BCUT2D eigenvalue weighted by atomic mass is 15.2. The molecule has 0 aliphatic heterocycles. The van der Waals surface area contributed by atoms with Crippen molar-refractivity contribution < 1.29 is 0 Å². The first-order valence-corrected chi connectivity index (χ1v) is 5.97. The Labute approximate surface area is 91.7 Å². The van der Waals surface area contributed by atoms with Crippen LogP contribution in [0, 0.1) is 11.8 Å². The minimum absolute atomic E-state index is 0.735. The SMILES string of the molecule is Cn1cc(CC2CCCCC2CN)cn1.